The van der Waals surface area contributed by atoms with E-state index in [0.717, 1.165) is 17.8 Å². The summed E-state index contributed by atoms with van der Waals surface area (Å²) in [5, 5.41) is 11.5. The molecule has 17 heavy (non-hydrogen) atoms. The van der Waals surface area contributed by atoms with E-state index in [9.17, 15) is 9.59 Å². The Morgan fingerprint density at radius 3 is 2.65 bits per heavy atom. The van der Waals surface area contributed by atoms with Gasteiger partial charge in [-0.05, 0) is 18.6 Å². The molecule has 90 valence electrons. The highest BCUT2D eigenvalue weighted by atomic mass is 32.1. The van der Waals surface area contributed by atoms with Crippen molar-refractivity contribution in [2.75, 3.05) is 0 Å². The van der Waals surface area contributed by atoms with Gasteiger partial charge < -0.3 is 10.4 Å². The number of rotatable bonds is 5. The highest BCUT2D eigenvalue weighted by molar-refractivity contribution is 7.15. The summed E-state index contributed by atoms with van der Waals surface area (Å²) >= 11 is 0.956. The zero-order valence-electron chi connectivity index (χ0n) is 9.40. The van der Waals surface area contributed by atoms with Gasteiger partial charge in [0.15, 0.2) is 0 Å². The van der Waals surface area contributed by atoms with E-state index < -0.39 is 5.97 Å². The molecule has 1 atom stereocenters. The Hall–Kier alpha value is -1.80. The molecule has 0 radical (unpaired) electrons. The number of carboxylic acid groups (broad SMARTS) is 1. The van der Waals surface area contributed by atoms with E-state index in [-0.39, 0.29) is 16.8 Å². The molecular formula is C12H13NO3S. The van der Waals surface area contributed by atoms with Crippen LogP contribution in [0.5, 0.6) is 0 Å². The summed E-state index contributed by atoms with van der Waals surface area (Å²) in [6.45, 7) is 1.93. The van der Waals surface area contributed by atoms with Crippen LogP contribution in [0.25, 0.3) is 0 Å². The van der Waals surface area contributed by atoms with Crippen LogP contribution in [0.15, 0.2) is 12.1 Å². The van der Waals surface area contributed by atoms with Crippen LogP contribution in [0.3, 0.4) is 0 Å². The van der Waals surface area contributed by atoms with Crippen molar-refractivity contribution in [2.24, 2.45) is 0 Å². The van der Waals surface area contributed by atoms with Gasteiger partial charge in [0, 0.05) is 12.5 Å². The number of hydrogen-bond acceptors (Lipinski definition) is 3. The van der Waals surface area contributed by atoms with Gasteiger partial charge in [0.05, 0.1) is 4.88 Å². The van der Waals surface area contributed by atoms with E-state index >= 15 is 0 Å². The third-order valence-electron chi connectivity index (χ3n) is 2.23. The molecule has 5 heteroatoms. The Morgan fingerprint density at radius 1 is 1.53 bits per heavy atom. The number of carbonyl (C=O) groups is 2. The highest BCUT2D eigenvalue weighted by Gasteiger charge is 2.15. The number of amides is 1. The van der Waals surface area contributed by atoms with Crippen molar-refractivity contribution in [3.63, 3.8) is 0 Å². The lowest BCUT2D eigenvalue weighted by Crippen LogP contribution is -2.33. The third kappa shape index (κ3) is 3.61. The molecule has 0 fully saturated rings. The smallest absolute Gasteiger partial charge is 0.345 e. The number of carboxylic acids is 1. The van der Waals surface area contributed by atoms with Crippen molar-refractivity contribution in [1.29, 1.82) is 0 Å². The van der Waals surface area contributed by atoms with Crippen LogP contribution in [-0.4, -0.2) is 23.0 Å². The minimum Gasteiger partial charge on any atom is -0.477 e. The largest absolute Gasteiger partial charge is 0.477 e. The first-order valence-electron chi connectivity index (χ1n) is 5.16. The second-order valence-corrected chi connectivity index (χ2v) is 4.54. The average molecular weight is 251 g/mol. The molecule has 4 nitrogen and oxygen atoms in total. The predicted molar refractivity (Wildman–Crippen MR) is 66.3 cm³/mol. The molecule has 1 aromatic rings. The second kappa shape index (κ2) is 6.06. The first-order valence-corrected chi connectivity index (χ1v) is 5.97. The molecule has 0 saturated heterocycles. The maximum absolute atomic E-state index is 11.8. The average Bonchev–Trinajstić information content (AvgIpc) is 2.77. The van der Waals surface area contributed by atoms with E-state index in [2.05, 4.69) is 11.2 Å². The number of hydrogen-bond donors (Lipinski definition) is 2. The van der Waals surface area contributed by atoms with Gasteiger partial charge in [0.25, 0.3) is 5.91 Å². The fraction of sp³-hybridized carbons (Fsp3) is 0.333. The van der Waals surface area contributed by atoms with Gasteiger partial charge in [-0.25, -0.2) is 4.79 Å². The molecule has 1 amide bonds. The summed E-state index contributed by atoms with van der Waals surface area (Å²) in [4.78, 5) is 23.0. The van der Waals surface area contributed by atoms with Crippen LogP contribution < -0.4 is 5.32 Å². The normalized spacial score (nSPS) is 11.5. The lowest BCUT2D eigenvalue weighted by atomic mass is 10.1. The van der Waals surface area contributed by atoms with E-state index in [0.29, 0.717) is 11.3 Å². The summed E-state index contributed by atoms with van der Waals surface area (Å²) in [7, 11) is 0. The van der Waals surface area contributed by atoms with Crippen molar-refractivity contribution in [2.45, 2.75) is 25.8 Å². The van der Waals surface area contributed by atoms with Crippen molar-refractivity contribution < 1.29 is 14.7 Å². The Bertz CT molecular complexity index is 459. The standard InChI is InChI=1S/C12H13NO3S/c1-3-5-8(4-2)13-11(14)9-6-7-10(17-9)12(15)16/h1,6-8H,4-5H2,2H3,(H,13,14)(H,15,16). The Balaban J connectivity index is 2.69. The summed E-state index contributed by atoms with van der Waals surface area (Å²) < 4.78 is 0. The van der Waals surface area contributed by atoms with Gasteiger partial charge in [-0.1, -0.05) is 6.92 Å². The topological polar surface area (TPSA) is 66.4 Å². The summed E-state index contributed by atoms with van der Waals surface area (Å²) in [5.41, 5.74) is 0. The van der Waals surface area contributed by atoms with Crippen LogP contribution in [0.4, 0.5) is 0 Å². The lowest BCUT2D eigenvalue weighted by Gasteiger charge is -2.12. The molecule has 1 rings (SSSR count). The number of carbonyl (C=O) groups excluding carboxylic acids is 1. The summed E-state index contributed by atoms with van der Waals surface area (Å²) in [5.74, 6) is 1.20. The Morgan fingerprint density at radius 2 is 2.18 bits per heavy atom. The van der Waals surface area contributed by atoms with Crippen LogP contribution in [0.2, 0.25) is 0 Å². The molecule has 0 aliphatic carbocycles. The van der Waals surface area contributed by atoms with E-state index in [1.54, 1.807) is 0 Å². The molecule has 0 saturated carbocycles. The molecule has 0 aromatic carbocycles. The van der Waals surface area contributed by atoms with Gasteiger partial charge in [0.1, 0.15) is 4.88 Å². The van der Waals surface area contributed by atoms with E-state index in [1.807, 2.05) is 6.92 Å². The highest BCUT2D eigenvalue weighted by Crippen LogP contribution is 2.16. The maximum atomic E-state index is 11.8. The zero-order chi connectivity index (χ0) is 12.8. The molecule has 0 aliphatic heterocycles. The number of aromatic carboxylic acids is 1. The second-order valence-electron chi connectivity index (χ2n) is 3.46. The fourth-order valence-electron chi connectivity index (χ4n) is 1.27. The van der Waals surface area contributed by atoms with Gasteiger partial charge in [0.2, 0.25) is 0 Å². The predicted octanol–water partition coefficient (Wildman–Crippen LogP) is 1.98. The van der Waals surface area contributed by atoms with Crippen LogP contribution in [0, 0.1) is 12.3 Å². The maximum Gasteiger partial charge on any atom is 0.345 e. The van der Waals surface area contributed by atoms with Crippen molar-refractivity contribution in [3.8, 4) is 12.3 Å². The molecule has 0 spiro atoms. The molecule has 1 unspecified atom stereocenters. The number of thiophene rings is 1. The summed E-state index contributed by atoms with van der Waals surface area (Å²) in [6.07, 6.45) is 6.40. The van der Waals surface area contributed by atoms with E-state index in [4.69, 9.17) is 11.5 Å². The molecule has 0 aliphatic rings. The molecule has 1 aromatic heterocycles. The Labute approximate surface area is 104 Å². The third-order valence-corrected chi connectivity index (χ3v) is 3.30. The Kier molecular flexibility index (Phi) is 4.73. The van der Waals surface area contributed by atoms with Crippen LogP contribution in [0.1, 0.15) is 39.1 Å². The zero-order valence-corrected chi connectivity index (χ0v) is 10.2. The lowest BCUT2D eigenvalue weighted by molar-refractivity contribution is 0.0702. The van der Waals surface area contributed by atoms with E-state index in [1.165, 1.54) is 12.1 Å². The van der Waals surface area contributed by atoms with Crippen LogP contribution in [-0.2, 0) is 0 Å². The van der Waals surface area contributed by atoms with Crippen molar-refractivity contribution in [1.82, 2.24) is 5.32 Å². The first kappa shape index (κ1) is 13.3. The van der Waals surface area contributed by atoms with Gasteiger partial charge in [-0.15, -0.1) is 23.7 Å². The monoisotopic (exact) mass is 251 g/mol. The van der Waals surface area contributed by atoms with Crippen LogP contribution >= 0.6 is 11.3 Å². The number of terminal acetylenes is 1. The minimum atomic E-state index is -1.02. The summed E-state index contributed by atoms with van der Waals surface area (Å²) in [6, 6.07) is 2.86. The minimum absolute atomic E-state index is 0.0668. The SMILES string of the molecule is C#CCC(CC)NC(=O)c1ccc(C(=O)O)s1. The molecule has 1 heterocycles. The van der Waals surface area contributed by atoms with Crippen molar-refractivity contribution in [3.05, 3.63) is 21.9 Å². The van der Waals surface area contributed by atoms with Gasteiger partial charge >= 0.3 is 5.97 Å². The molecular weight excluding hydrogens is 238 g/mol. The van der Waals surface area contributed by atoms with Gasteiger partial charge in [-0.3, -0.25) is 4.79 Å². The van der Waals surface area contributed by atoms with Crippen molar-refractivity contribution >= 4 is 23.2 Å². The molecule has 0 bridgehead atoms. The fourth-order valence-corrected chi connectivity index (χ4v) is 2.02. The quantitative estimate of drug-likeness (QED) is 0.786. The first-order chi connectivity index (χ1) is 8.08. The molecule has 2 N–H and O–H groups in total. The number of nitrogens with one attached hydrogen (secondary N) is 1. The van der Waals surface area contributed by atoms with Gasteiger partial charge in [-0.2, -0.15) is 0 Å².